The zero-order chi connectivity index (χ0) is 13.4. The van der Waals surface area contributed by atoms with Gasteiger partial charge in [-0.25, -0.2) is 0 Å². The van der Waals surface area contributed by atoms with Crippen molar-refractivity contribution in [1.82, 2.24) is 0 Å². The fourth-order valence-corrected chi connectivity index (χ4v) is 1.82. The number of rotatable bonds is 7. The average molecular weight is 272 g/mol. The smallest absolute Gasteiger partial charge is 0.179 e. The van der Waals surface area contributed by atoms with Gasteiger partial charge in [0, 0.05) is 5.56 Å². The zero-order valence-electron chi connectivity index (χ0n) is 10.6. The van der Waals surface area contributed by atoms with E-state index in [1.807, 2.05) is 0 Å². The molecule has 0 radical (unpaired) electrons. The number of benzene rings is 1. The maximum absolute atomic E-state index is 8.50. The lowest BCUT2D eigenvalue weighted by atomic mass is 10.2. The largest absolute Gasteiger partial charge is 0.493 e. The van der Waals surface area contributed by atoms with E-state index in [2.05, 4.69) is 12.1 Å². The highest BCUT2D eigenvalue weighted by Crippen LogP contribution is 2.36. The predicted molar refractivity (Wildman–Crippen MR) is 72.4 cm³/mol. The van der Waals surface area contributed by atoms with Gasteiger partial charge in [-0.1, -0.05) is 36.5 Å². The van der Waals surface area contributed by atoms with E-state index in [1.54, 1.807) is 19.2 Å². The van der Waals surface area contributed by atoms with Crippen LogP contribution in [0.25, 0.3) is 0 Å². The fraction of sp³-hybridized carbons (Fsp3) is 0.462. The molecule has 1 rings (SSSR count). The SMILES string of the molecule is CCCCCOc1c(Cl)cc(C=NO)cc1OC. The third-order valence-electron chi connectivity index (χ3n) is 2.45. The topological polar surface area (TPSA) is 51.0 Å². The van der Waals surface area contributed by atoms with E-state index in [4.69, 9.17) is 26.3 Å². The van der Waals surface area contributed by atoms with Crippen LogP contribution in [0.15, 0.2) is 17.3 Å². The first-order chi connectivity index (χ1) is 8.72. The van der Waals surface area contributed by atoms with E-state index in [0.717, 1.165) is 19.3 Å². The van der Waals surface area contributed by atoms with Crippen LogP contribution in [0.3, 0.4) is 0 Å². The lowest BCUT2D eigenvalue weighted by Crippen LogP contribution is -2.00. The maximum Gasteiger partial charge on any atom is 0.179 e. The van der Waals surface area contributed by atoms with Crippen molar-refractivity contribution in [2.75, 3.05) is 13.7 Å². The van der Waals surface area contributed by atoms with Crippen molar-refractivity contribution in [3.63, 3.8) is 0 Å². The van der Waals surface area contributed by atoms with E-state index in [1.165, 1.54) is 6.21 Å². The third kappa shape index (κ3) is 4.11. The van der Waals surface area contributed by atoms with Crippen LogP contribution in [0.5, 0.6) is 11.5 Å². The van der Waals surface area contributed by atoms with Crippen LogP contribution < -0.4 is 9.47 Å². The number of methoxy groups -OCH3 is 1. The number of hydrogen-bond donors (Lipinski definition) is 1. The molecule has 0 aliphatic rings. The van der Waals surface area contributed by atoms with Gasteiger partial charge in [-0.3, -0.25) is 0 Å². The summed E-state index contributed by atoms with van der Waals surface area (Å²) in [4.78, 5) is 0. The summed E-state index contributed by atoms with van der Waals surface area (Å²) in [5.41, 5.74) is 0.653. The second kappa shape index (κ2) is 7.82. The number of ether oxygens (including phenoxy) is 2. The van der Waals surface area contributed by atoms with Gasteiger partial charge in [-0.05, 0) is 18.6 Å². The van der Waals surface area contributed by atoms with Crippen molar-refractivity contribution in [1.29, 1.82) is 0 Å². The Hall–Kier alpha value is -1.42. The summed E-state index contributed by atoms with van der Waals surface area (Å²) in [6.45, 7) is 2.74. The van der Waals surface area contributed by atoms with Gasteiger partial charge in [0.15, 0.2) is 11.5 Å². The van der Waals surface area contributed by atoms with Crippen LogP contribution in [0.4, 0.5) is 0 Å². The molecule has 100 valence electrons. The Bertz CT molecular complexity index is 407. The molecule has 0 saturated heterocycles. The molecule has 0 atom stereocenters. The normalized spacial score (nSPS) is 10.8. The van der Waals surface area contributed by atoms with Crippen LogP contribution in [0.2, 0.25) is 5.02 Å². The summed E-state index contributed by atoms with van der Waals surface area (Å²) in [6.07, 6.45) is 4.53. The van der Waals surface area contributed by atoms with Gasteiger partial charge in [0.05, 0.1) is 25.0 Å². The van der Waals surface area contributed by atoms with Crippen LogP contribution in [0, 0.1) is 0 Å². The molecular formula is C13H18ClNO3. The van der Waals surface area contributed by atoms with E-state index >= 15 is 0 Å². The second-order valence-electron chi connectivity index (χ2n) is 3.83. The molecule has 4 nitrogen and oxygen atoms in total. The monoisotopic (exact) mass is 271 g/mol. The molecule has 0 spiro atoms. The molecule has 18 heavy (non-hydrogen) atoms. The number of oxime groups is 1. The Balaban J connectivity index is 2.82. The van der Waals surface area contributed by atoms with Crippen molar-refractivity contribution < 1.29 is 14.7 Å². The van der Waals surface area contributed by atoms with E-state index in [-0.39, 0.29) is 0 Å². The summed E-state index contributed by atoms with van der Waals surface area (Å²) in [7, 11) is 1.55. The zero-order valence-corrected chi connectivity index (χ0v) is 11.4. The highest BCUT2D eigenvalue weighted by Gasteiger charge is 2.11. The Morgan fingerprint density at radius 1 is 1.39 bits per heavy atom. The second-order valence-corrected chi connectivity index (χ2v) is 4.24. The van der Waals surface area contributed by atoms with Crippen LogP contribution >= 0.6 is 11.6 Å². The molecule has 0 fully saturated rings. The summed E-state index contributed by atoms with van der Waals surface area (Å²) >= 11 is 6.11. The molecule has 1 aromatic carbocycles. The van der Waals surface area contributed by atoms with E-state index in [9.17, 15) is 0 Å². The highest BCUT2D eigenvalue weighted by atomic mass is 35.5. The van der Waals surface area contributed by atoms with Crippen molar-refractivity contribution >= 4 is 17.8 Å². The van der Waals surface area contributed by atoms with Gasteiger partial charge in [0.25, 0.3) is 0 Å². The predicted octanol–water partition coefficient (Wildman–Crippen LogP) is 3.73. The lowest BCUT2D eigenvalue weighted by Gasteiger charge is -2.12. The summed E-state index contributed by atoms with van der Waals surface area (Å²) < 4.78 is 10.8. The van der Waals surface area contributed by atoms with Crippen LogP contribution in [0.1, 0.15) is 31.7 Å². The minimum absolute atomic E-state index is 0.445. The van der Waals surface area contributed by atoms with Crippen molar-refractivity contribution in [2.24, 2.45) is 5.16 Å². The van der Waals surface area contributed by atoms with Gasteiger partial charge in [-0.15, -0.1) is 0 Å². The molecule has 0 heterocycles. The maximum atomic E-state index is 8.50. The molecule has 5 heteroatoms. The molecular weight excluding hydrogens is 254 g/mol. The summed E-state index contributed by atoms with van der Waals surface area (Å²) in [5, 5.41) is 11.9. The van der Waals surface area contributed by atoms with Crippen LogP contribution in [-0.4, -0.2) is 25.1 Å². The third-order valence-corrected chi connectivity index (χ3v) is 2.73. The lowest BCUT2D eigenvalue weighted by molar-refractivity contribution is 0.286. The quantitative estimate of drug-likeness (QED) is 0.356. The average Bonchev–Trinajstić information content (AvgIpc) is 2.36. The van der Waals surface area contributed by atoms with Gasteiger partial charge >= 0.3 is 0 Å². The molecule has 0 aromatic heterocycles. The Labute approximate surface area is 112 Å². The number of nitrogens with zero attached hydrogens (tertiary/aromatic N) is 1. The highest BCUT2D eigenvalue weighted by molar-refractivity contribution is 6.32. The molecule has 0 unspecified atom stereocenters. The van der Waals surface area contributed by atoms with Crippen LogP contribution in [-0.2, 0) is 0 Å². The van der Waals surface area contributed by atoms with Crippen molar-refractivity contribution in [3.05, 3.63) is 22.7 Å². The Morgan fingerprint density at radius 2 is 2.17 bits per heavy atom. The number of unbranched alkanes of at least 4 members (excludes halogenated alkanes) is 2. The number of hydrogen-bond acceptors (Lipinski definition) is 4. The fourth-order valence-electron chi connectivity index (χ4n) is 1.55. The minimum atomic E-state index is 0.445. The first-order valence-corrected chi connectivity index (χ1v) is 6.28. The van der Waals surface area contributed by atoms with Gasteiger partial charge < -0.3 is 14.7 Å². The van der Waals surface area contributed by atoms with E-state index in [0.29, 0.717) is 28.7 Å². The Kier molecular flexibility index (Phi) is 6.36. The standard InChI is InChI=1S/C13H18ClNO3/c1-3-4-5-6-18-13-11(14)7-10(9-15-16)8-12(13)17-2/h7-9,16H,3-6H2,1-2H3. The van der Waals surface area contributed by atoms with Gasteiger partial charge in [0.2, 0.25) is 0 Å². The molecule has 0 saturated carbocycles. The molecule has 1 aromatic rings. The molecule has 1 N–H and O–H groups in total. The molecule has 0 amide bonds. The molecule has 0 aliphatic heterocycles. The van der Waals surface area contributed by atoms with Crippen molar-refractivity contribution in [2.45, 2.75) is 26.2 Å². The minimum Gasteiger partial charge on any atom is -0.493 e. The van der Waals surface area contributed by atoms with Gasteiger partial charge in [0.1, 0.15) is 0 Å². The van der Waals surface area contributed by atoms with Crippen molar-refractivity contribution in [3.8, 4) is 11.5 Å². The summed E-state index contributed by atoms with van der Waals surface area (Å²) in [6, 6.07) is 3.37. The van der Waals surface area contributed by atoms with Gasteiger partial charge in [-0.2, -0.15) is 0 Å². The first-order valence-electron chi connectivity index (χ1n) is 5.90. The first kappa shape index (κ1) is 14.6. The van der Waals surface area contributed by atoms with E-state index < -0.39 is 0 Å². The summed E-state index contributed by atoms with van der Waals surface area (Å²) in [5.74, 6) is 1.07. The molecule has 0 bridgehead atoms. The molecule has 0 aliphatic carbocycles. The Morgan fingerprint density at radius 3 is 2.78 bits per heavy atom. The number of halogens is 1.